The Hall–Kier alpha value is -3.15. The highest BCUT2D eigenvalue weighted by atomic mass is 19.1. The molecule has 2 aromatic carbocycles. The van der Waals surface area contributed by atoms with Crippen molar-refractivity contribution in [3.05, 3.63) is 54.0 Å². The standard InChI is InChI=1S/C19H16FN3O2/c1-11-7-13(8-16-19(11)25-10-17(24)22-16)15-9-21-23(2)18(15)12-3-5-14(20)6-4-12/h3-9H,10H2,1-2H3,(H,22,24). The third-order valence-electron chi connectivity index (χ3n) is 4.26. The fourth-order valence-electron chi connectivity index (χ4n) is 3.14. The van der Waals surface area contributed by atoms with Crippen LogP contribution in [0.15, 0.2) is 42.6 Å². The molecule has 1 aliphatic heterocycles. The van der Waals surface area contributed by atoms with E-state index in [0.29, 0.717) is 11.4 Å². The lowest BCUT2D eigenvalue weighted by Crippen LogP contribution is -2.25. The summed E-state index contributed by atoms with van der Waals surface area (Å²) >= 11 is 0. The minimum atomic E-state index is -0.281. The van der Waals surface area contributed by atoms with Gasteiger partial charge in [0.05, 0.1) is 17.6 Å². The van der Waals surface area contributed by atoms with E-state index in [1.165, 1.54) is 12.1 Å². The molecule has 3 aromatic rings. The second-order valence-corrected chi connectivity index (χ2v) is 6.04. The summed E-state index contributed by atoms with van der Waals surface area (Å²) in [5.41, 5.74) is 5.14. The van der Waals surface area contributed by atoms with Crippen molar-refractivity contribution in [2.24, 2.45) is 7.05 Å². The lowest BCUT2D eigenvalue weighted by Gasteiger charge is -2.21. The fourth-order valence-corrected chi connectivity index (χ4v) is 3.14. The zero-order valence-corrected chi connectivity index (χ0v) is 13.8. The minimum Gasteiger partial charge on any atom is -0.481 e. The molecule has 1 amide bonds. The number of carbonyl (C=O) groups excluding carboxylic acids is 1. The number of amides is 1. The van der Waals surface area contributed by atoms with E-state index < -0.39 is 0 Å². The second kappa shape index (κ2) is 5.73. The summed E-state index contributed by atoms with van der Waals surface area (Å²) in [4.78, 5) is 11.6. The van der Waals surface area contributed by atoms with Crippen LogP contribution in [0.2, 0.25) is 0 Å². The zero-order chi connectivity index (χ0) is 17.6. The van der Waals surface area contributed by atoms with E-state index in [2.05, 4.69) is 10.4 Å². The number of ether oxygens (including phenoxy) is 1. The Labute approximate surface area is 144 Å². The van der Waals surface area contributed by atoms with Gasteiger partial charge in [0.2, 0.25) is 0 Å². The van der Waals surface area contributed by atoms with Crippen LogP contribution in [0.25, 0.3) is 22.4 Å². The van der Waals surface area contributed by atoms with Gasteiger partial charge in [-0.25, -0.2) is 4.39 Å². The Kier molecular flexibility index (Phi) is 3.53. The number of halogens is 1. The third kappa shape index (κ3) is 2.65. The van der Waals surface area contributed by atoms with E-state index >= 15 is 0 Å². The number of aryl methyl sites for hydroxylation is 2. The van der Waals surface area contributed by atoms with Gasteiger partial charge in [-0.2, -0.15) is 5.10 Å². The van der Waals surface area contributed by atoms with Crippen molar-refractivity contribution in [2.75, 3.05) is 11.9 Å². The van der Waals surface area contributed by atoms with Crippen molar-refractivity contribution >= 4 is 11.6 Å². The van der Waals surface area contributed by atoms with E-state index in [4.69, 9.17) is 4.74 Å². The molecule has 0 fully saturated rings. The highest BCUT2D eigenvalue weighted by Gasteiger charge is 2.21. The number of anilines is 1. The van der Waals surface area contributed by atoms with E-state index in [9.17, 15) is 9.18 Å². The van der Waals surface area contributed by atoms with Crippen LogP contribution in [0, 0.1) is 12.7 Å². The van der Waals surface area contributed by atoms with Crippen LogP contribution < -0.4 is 10.1 Å². The zero-order valence-electron chi connectivity index (χ0n) is 13.8. The number of nitrogens with one attached hydrogen (secondary N) is 1. The van der Waals surface area contributed by atoms with Crippen molar-refractivity contribution < 1.29 is 13.9 Å². The van der Waals surface area contributed by atoms with Gasteiger partial charge in [-0.1, -0.05) is 0 Å². The summed E-state index contributed by atoms with van der Waals surface area (Å²) in [7, 11) is 1.85. The first-order valence-electron chi connectivity index (χ1n) is 7.88. The van der Waals surface area contributed by atoms with Gasteiger partial charge in [-0.15, -0.1) is 0 Å². The van der Waals surface area contributed by atoms with Crippen molar-refractivity contribution in [3.8, 4) is 28.1 Å². The van der Waals surface area contributed by atoms with Crippen LogP contribution in [0.4, 0.5) is 10.1 Å². The van der Waals surface area contributed by atoms with E-state index in [1.807, 2.05) is 26.1 Å². The van der Waals surface area contributed by atoms with Gasteiger partial charge in [-0.3, -0.25) is 9.48 Å². The van der Waals surface area contributed by atoms with Crippen molar-refractivity contribution in [1.29, 1.82) is 0 Å². The van der Waals surface area contributed by atoms with Crippen LogP contribution in [-0.2, 0) is 11.8 Å². The highest BCUT2D eigenvalue weighted by Crippen LogP contribution is 2.39. The average Bonchev–Trinajstić information content (AvgIpc) is 2.97. The number of nitrogens with zero attached hydrogens (tertiary/aromatic N) is 2. The maximum absolute atomic E-state index is 13.3. The van der Waals surface area contributed by atoms with Crippen LogP contribution >= 0.6 is 0 Å². The maximum atomic E-state index is 13.3. The van der Waals surface area contributed by atoms with Gasteiger partial charge in [0.1, 0.15) is 11.6 Å². The van der Waals surface area contributed by atoms with Crippen molar-refractivity contribution in [1.82, 2.24) is 9.78 Å². The molecule has 0 bridgehead atoms. The summed E-state index contributed by atoms with van der Waals surface area (Å²) in [6.45, 7) is 1.97. The number of fused-ring (bicyclic) bond motifs is 1. The summed E-state index contributed by atoms with van der Waals surface area (Å²) < 4.78 is 20.5. The molecule has 5 nitrogen and oxygen atoms in total. The van der Waals surface area contributed by atoms with Gasteiger partial charge < -0.3 is 10.1 Å². The first-order chi connectivity index (χ1) is 12.0. The number of rotatable bonds is 2. The minimum absolute atomic E-state index is 0.0287. The molecule has 0 spiro atoms. The molecule has 0 atom stereocenters. The molecule has 0 saturated heterocycles. The molecule has 1 aromatic heterocycles. The Morgan fingerprint density at radius 2 is 1.96 bits per heavy atom. The normalized spacial score (nSPS) is 13.2. The number of hydrogen-bond acceptors (Lipinski definition) is 3. The molecule has 0 unspecified atom stereocenters. The highest BCUT2D eigenvalue weighted by molar-refractivity contribution is 5.97. The van der Waals surface area contributed by atoms with Crippen molar-refractivity contribution in [3.63, 3.8) is 0 Å². The van der Waals surface area contributed by atoms with E-state index in [1.54, 1.807) is 23.0 Å². The molecule has 126 valence electrons. The SMILES string of the molecule is Cc1cc(-c2cnn(C)c2-c2ccc(F)cc2)cc2c1OCC(=O)N2. The van der Waals surface area contributed by atoms with Gasteiger partial charge in [-0.05, 0) is 54.4 Å². The molecular weight excluding hydrogens is 321 g/mol. The average molecular weight is 337 g/mol. The van der Waals surface area contributed by atoms with Crippen LogP contribution in [0.5, 0.6) is 5.75 Å². The first-order valence-corrected chi connectivity index (χ1v) is 7.88. The lowest BCUT2D eigenvalue weighted by molar-refractivity contribution is -0.118. The van der Waals surface area contributed by atoms with E-state index in [0.717, 1.165) is 27.9 Å². The van der Waals surface area contributed by atoms with Gasteiger partial charge >= 0.3 is 0 Å². The molecule has 2 heterocycles. The molecule has 1 N–H and O–H groups in total. The van der Waals surface area contributed by atoms with Crippen molar-refractivity contribution in [2.45, 2.75) is 6.92 Å². The maximum Gasteiger partial charge on any atom is 0.262 e. The molecule has 25 heavy (non-hydrogen) atoms. The Morgan fingerprint density at radius 3 is 2.72 bits per heavy atom. The number of carbonyl (C=O) groups is 1. The lowest BCUT2D eigenvalue weighted by atomic mass is 9.98. The Balaban J connectivity index is 1.86. The van der Waals surface area contributed by atoms with Gasteiger partial charge in [0.15, 0.2) is 6.61 Å². The van der Waals surface area contributed by atoms with E-state index in [-0.39, 0.29) is 18.3 Å². The van der Waals surface area contributed by atoms with Crippen LogP contribution in [0.1, 0.15) is 5.56 Å². The Morgan fingerprint density at radius 1 is 1.20 bits per heavy atom. The third-order valence-corrected chi connectivity index (χ3v) is 4.26. The molecule has 4 rings (SSSR count). The summed E-state index contributed by atoms with van der Waals surface area (Å²) in [6.07, 6.45) is 1.77. The monoisotopic (exact) mass is 337 g/mol. The quantitative estimate of drug-likeness (QED) is 0.778. The topological polar surface area (TPSA) is 56.2 Å². The summed E-state index contributed by atoms with van der Waals surface area (Å²) in [5.74, 6) is 0.238. The molecule has 1 aliphatic rings. The molecule has 0 saturated carbocycles. The fraction of sp³-hybridized carbons (Fsp3) is 0.158. The summed E-state index contributed by atoms with van der Waals surface area (Å²) in [5, 5.41) is 7.20. The molecule has 0 radical (unpaired) electrons. The van der Waals surface area contributed by atoms with Crippen LogP contribution in [0.3, 0.4) is 0 Å². The molecule has 0 aliphatic carbocycles. The number of benzene rings is 2. The number of aromatic nitrogens is 2. The van der Waals surface area contributed by atoms with Gasteiger partial charge in [0, 0.05) is 18.2 Å². The first kappa shape index (κ1) is 15.4. The molecule has 6 heteroatoms. The predicted octanol–water partition coefficient (Wildman–Crippen LogP) is 3.53. The Bertz CT molecular complexity index is 977. The molecular formula is C19H16FN3O2. The van der Waals surface area contributed by atoms with Crippen LogP contribution in [-0.4, -0.2) is 22.3 Å². The second-order valence-electron chi connectivity index (χ2n) is 6.04. The smallest absolute Gasteiger partial charge is 0.262 e. The summed E-state index contributed by atoms with van der Waals surface area (Å²) in [6, 6.07) is 10.2. The largest absolute Gasteiger partial charge is 0.481 e. The van der Waals surface area contributed by atoms with Gasteiger partial charge in [0.25, 0.3) is 5.91 Å². The number of hydrogen-bond donors (Lipinski definition) is 1. The predicted molar refractivity (Wildman–Crippen MR) is 92.9 cm³/mol.